The highest BCUT2D eigenvalue weighted by Gasteiger charge is 2.35. The number of amides is 3. The second-order valence-electron chi connectivity index (χ2n) is 8.96. The number of rotatable bonds is 10. The Morgan fingerprint density at radius 2 is 1.85 bits per heavy atom. The van der Waals surface area contributed by atoms with E-state index in [9.17, 15) is 19.5 Å². The van der Waals surface area contributed by atoms with E-state index in [1.54, 1.807) is 32.9 Å². The molecule has 8 heteroatoms. The Labute approximate surface area is 197 Å². The highest BCUT2D eigenvalue weighted by molar-refractivity contribution is 5.93. The van der Waals surface area contributed by atoms with Crippen LogP contribution in [-0.4, -0.2) is 52.7 Å². The molecule has 3 amide bonds. The Morgan fingerprint density at radius 3 is 2.36 bits per heavy atom. The maximum Gasteiger partial charge on any atom is 0.408 e. The molecule has 0 saturated carbocycles. The summed E-state index contributed by atoms with van der Waals surface area (Å²) in [6, 6.07) is 5.17. The second kappa shape index (κ2) is 12.9. The number of nitrogens with zero attached hydrogens (tertiary/aromatic N) is 1. The summed E-state index contributed by atoms with van der Waals surface area (Å²) in [7, 11) is 0. The van der Waals surface area contributed by atoms with E-state index >= 15 is 0 Å². The molecule has 0 heterocycles. The van der Waals surface area contributed by atoms with Gasteiger partial charge in [-0.05, 0) is 57.7 Å². The van der Waals surface area contributed by atoms with Crippen LogP contribution in [0, 0.1) is 26.3 Å². The number of aliphatic hydroxyl groups is 1. The third kappa shape index (κ3) is 8.78. The largest absolute Gasteiger partial charge is 0.444 e. The van der Waals surface area contributed by atoms with Crippen molar-refractivity contribution in [3.8, 4) is 12.5 Å². The van der Waals surface area contributed by atoms with Gasteiger partial charge < -0.3 is 20.5 Å². The molecule has 0 aliphatic carbocycles. The number of hydrogen-bond donors (Lipinski definition) is 3. The number of carbonyl (C=O) groups excluding carboxylic acids is 3. The van der Waals surface area contributed by atoms with Gasteiger partial charge in [0.25, 0.3) is 5.91 Å². The van der Waals surface area contributed by atoms with Crippen LogP contribution in [0.3, 0.4) is 0 Å². The fourth-order valence-corrected chi connectivity index (χ4v) is 3.10. The molecule has 1 aromatic rings. The lowest BCUT2D eigenvalue weighted by molar-refractivity contribution is -0.139. The van der Waals surface area contributed by atoms with Gasteiger partial charge in [0, 0.05) is 12.6 Å². The molecule has 3 N–H and O–H groups in total. The fraction of sp³-hybridized carbons (Fsp3) is 0.560. The molecule has 182 valence electrons. The van der Waals surface area contributed by atoms with Gasteiger partial charge in [-0.25, -0.2) is 4.79 Å². The molecular weight excluding hydrogens is 422 g/mol. The summed E-state index contributed by atoms with van der Waals surface area (Å²) in [4.78, 5) is 39.5. The van der Waals surface area contributed by atoms with Crippen LogP contribution in [-0.2, 0) is 14.3 Å². The molecule has 0 spiro atoms. The first-order valence-electron chi connectivity index (χ1n) is 11.2. The minimum Gasteiger partial charge on any atom is -0.444 e. The van der Waals surface area contributed by atoms with Gasteiger partial charge in [0.2, 0.25) is 5.91 Å². The predicted molar refractivity (Wildman–Crippen MR) is 127 cm³/mol. The van der Waals surface area contributed by atoms with Gasteiger partial charge in [-0.15, -0.1) is 0 Å². The van der Waals surface area contributed by atoms with Gasteiger partial charge in [0.15, 0.2) is 0 Å². The number of hydrogen-bond acceptors (Lipinski definition) is 5. The van der Waals surface area contributed by atoms with E-state index in [4.69, 9.17) is 11.2 Å². The quantitative estimate of drug-likeness (QED) is 0.283. The Kier molecular flexibility index (Phi) is 10.9. The van der Waals surface area contributed by atoms with Crippen LogP contribution in [0.1, 0.15) is 69.7 Å². The summed E-state index contributed by atoms with van der Waals surface area (Å²) in [5.74, 6) is -1.23. The third-order valence-electron chi connectivity index (χ3n) is 4.98. The van der Waals surface area contributed by atoms with Gasteiger partial charge in [-0.1, -0.05) is 44.4 Å². The smallest absolute Gasteiger partial charge is 0.408 e. The van der Waals surface area contributed by atoms with Crippen molar-refractivity contribution in [2.24, 2.45) is 0 Å². The van der Waals surface area contributed by atoms with E-state index in [0.717, 1.165) is 35.3 Å². The van der Waals surface area contributed by atoms with Crippen molar-refractivity contribution < 1.29 is 24.2 Å². The molecule has 8 nitrogen and oxygen atoms in total. The van der Waals surface area contributed by atoms with Crippen LogP contribution in [0.2, 0.25) is 0 Å². The number of benzene rings is 1. The van der Waals surface area contributed by atoms with Crippen molar-refractivity contribution in [1.82, 2.24) is 15.5 Å². The average Bonchev–Trinajstić information content (AvgIpc) is 2.73. The van der Waals surface area contributed by atoms with Gasteiger partial charge >= 0.3 is 6.09 Å². The number of ether oxygens (including phenoxy) is 1. The van der Waals surface area contributed by atoms with Gasteiger partial charge in [-0.3, -0.25) is 14.5 Å². The Morgan fingerprint density at radius 1 is 1.18 bits per heavy atom. The van der Waals surface area contributed by atoms with Crippen LogP contribution in [0.4, 0.5) is 4.79 Å². The lowest BCUT2D eigenvalue weighted by Crippen LogP contribution is -2.53. The summed E-state index contributed by atoms with van der Waals surface area (Å²) < 4.78 is 5.17. The molecule has 0 saturated heterocycles. The molecule has 0 aliphatic heterocycles. The number of nitrogens with one attached hydrogen (secondary N) is 2. The van der Waals surface area contributed by atoms with Gasteiger partial charge in [0.1, 0.15) is 17.7 Å². The second-order valence-corrected chi connectivity index (χ2v) is 8.96. The zero-order chi connectivity index (χ0) is 25.2. The molecular formula is C25H37N3O5. The summed E-state index contributed by atoms with van der Waals surface area (Å²) in [6.45, 7) is 10.7. The summed E-state index contributed by atoms with van der Waals surface area (Å²) in [5, 5.41) is 15.0. The van der Waals surface area contributed by atoms with Crippen molar-refractivity contribution in [2.45, 2.75) is 78.5 Å². The third-order valence-corrected chi connectivity index (χ3v) is 4.98. The Hall–Kier alpha value is -3.05. The average molecular weight is 460 g/mol. The number of carbonyl (C=O) groups is 3. The number of aliphatic hydroxyl groups excluding tert-OH is 1. The first kappa shape index (κ1) is 28.0. The SMILES string of the molecule is C#CN(C(=O)C(CO)NC(=O)OC(C)(C)C)C(C(=O)NCCCCC)c1ccc(C)c(C)c1. The molecule has 2 atom stereocenters. The van der Waals surface area contributed by atoms with Crippen molar-refractivity contribution in [1.29, 1.82) is 0 Å². The molecule has 0 aliphatic rings. The highest BCUT2D eigenvalue weighted by Crippen LogP contribution is 2.24. The number of unbranched alkanes of at least 4 members (excludes halogenated alkanes) is 2. The normalized spacial score (nSPS) is 12.8. The van der Waals surface area contributed by atoms with Crippen molar-refractivity contribution in [3.63, 3.8) is 0 Å². The molecule has 0 aromatic heterocycles. The van der Waals surface area contributed by atoms with E-state index in [0.29, 0.717) is 12.1 Å². The Bertz CT molecular complexity index is 870. The standard InChI is InChI=1S/C25H37N3O5/c1-8-10-11-14-26-22(30)21(19-13-12-17(3)18(4)15-19)28(9-2)23(31)20(16-29)27-24(32)33-25(5,6)7/h2,12-13,15,20-21,29H,8,10-11,14,16H2,1,3-7H3,(H,26,30)(H,27,32). The van der Waals surface area contributed by atoms with E-state index in [1.165, 1.54) is 0 Å². The summed E-state index contributed by atoms with van der Waals surface area (Å²) >= 11 is 0. The molecule has 0 fully saturated rings. The summed E-state index contributed by atoms with van der Waals surface area (Å²) in [5.41, 5.74) is 1.70. The first-order chi connectivity index (χ1) is 15.4. The fourth-order valence-electron chi connectivity index (χ4n) is 3.10. The number of aryl methyl sites for hydroxylation is 2. The summed E-state index contributed by atoms with van der Waals surface area (Å²) in [6.07, 6.45) is 7.55. The first-order valence-corrected chi connectivity index (χ1v) is 11.2. The van der Waals surface area contributed by atoms with E-state index in [-0.39, 0.29) is 0 Å². The maximum atomic E-state index is 13.2. The molecule has 0 radical (unpaired) electrons. The molecule has 33 heavy (non-hydrogen) atoms. The minimum absolute atomic E-state index is 0.436. The van der Waals surface area contributed by atoms with Crippen molar-refractivity contribution in [3.05, 3.63) is 34.9 Å². The van der Waals surface area contributed by atoms with Gasteiger partial charge in [0.05, 0.1) is 6.61 Å². The number of alkyl carbamates (subject to hydrolysis) is 1. The lowest BCUT2D eigenvalue weighted by Gasteiger charge is -2.30. The monoisotopic (exact) mass is 459 g/mol. The number of terminal acetylenes is 1. The van der Waals surface area contributed by atoms with Gasteiger partial charge in [-0.2, -0.15) is 0 Å². The minimum atomic E-state index is -1.38. The van der Waals surface area contributed by atoms with E-state index < -0.39 is 42.2 Å². The van der Waals surface area contributed by atoms with E-state index in [2.05, 4.69) is 23.6 Å². The van der Waals surface area contributed by atoms with Crippen LogP contribution in [0.5, 0.6) is 0 Å². The van der Waals surface area contributed by atoms with Crippen molar-refractivity contribution in [2.75, 3.05) is 13.2 Å². The predicted octanol–water partition coefficient (Wildman–Crippen LogP) is 2.96. The zero-order valence-electron chi connectivity index (χ0n) is 20.5. The highest BCUT2D eigenvalue weighted by atomic mass is 16.6. The topological polar surface area (TPSA) is 108 Å². The maximum absolute atomic E-state index is 13.2. The zero-order valence-corrected chi connectivity index (χ0v) is 20.5. The van der Waals surface area contributed by atoms with Crippen molar-refractivity contribution >= 4 is 17.9 Å². The molecule has 2 unspecified atom stereocenters. The molecule has 1 rings (SSSR count). The van der Waals surface area contributed by atoms with Crippen LogP contribution in [0.15, 0.2) is 18.2 Å². The molecule has 1 aromatic carbocycles. The van der Waals surface area contributed by atoms with Crippen LogP contribution >= 0.6 is 0 Å². The van der Waals surface area contributed by atoms with Crippen LogP contribution < -0.4 is 10.6 Å². The molecule has 0 bridgehead atoms. The lowest BCUT2D eigenvalue weighted by atomic mass is 9.98. The van der Waals surface area contributed by atoms with E-state index in [1.807, 2.05) is 19.9 Å². The van der Waals surface area contributed by atoms with Crippen LogP contribution in [0.25, 0.3) is 0 Å². The Balaban J connectivity index is 3.24.